The molecule has 3 rings (SSSR count). The highest BCUT2D eigenvalue weighted by molar-refractivity contribution is 5.91. The van der Waals surface area contributed by atoms with Crippen molar-refractivity contribution in [3.63, 3.8) is 0 Å². The number of ketones is 1. The fourth-order valence-electron chi connectivity index (χ4n) is 7.23. The van der Waals surface area contributed by atoms with Gasteiger partial charge >= 0.3 is 5.97 Å². The number of hydrogen-bond donors (Lipinski definition) is 5. The fourth-order valence-corrected chi connectivity index (χ4v) is 7.23. The zero-order valence-corrected chi connectivity index (χ0v) is 31.3. The molecule has 0 bridgehead atoms. The molecular weight excluding hydrogens is 650 g/mol. The number of allylic oxidation sites excluding steroid dienone is 3. The van der Waals surface area contributed by atoms with Crippen molar-refractivity contribution < 1.29 is 58.8 Å². The van der Waals surface area contributed by atoms with Crippen LogP contribution in [-0.2, 0) is 33.3 Å². The maximum absolute atomic E-state index is 13.4. The van der Waals surface area contributed by atoms with Crippen LogP contribution >= 0.6 is 0 Å². The molecule has 0 amide bonds. The Bertz CT molecular complexity index is 1150. The number of likely N-dealkylation sites (N-methyl/N-ethyl adjacent to an activating group) is 1. The van der Waals surface area contributed by atoms with Gasteiger partial charge in [-0.3, -0.25) is 9.59 Å². The number of nitrogens with zero attached hydrogens (tertiary/aromatic N) is 1. The quantitative estimate of drug-likeness (QED) is 0.231. The van der Waals surface area contributed by atoms with E-state index < -0.39 is 79.2 Å². The molecular formula is C37H63NO12. The van der Waals surface area contributed by atoms with Crippen LogP contribution in [0.1, 0.15) is 80.6 Å². The minimum absolute atomic E-state index is 0.0816. The van der Waals surface area contributed by atoms with Crippen LogP contribution in [0.2, 0.25) is 0 Å². The van der Waals surface area contributed by atoms with Gasteiger partial charge in [-0.05, 0) is 66.1 Å². The number of esters is 1. The zero-order valence-electron chi connectivity index (χ0n) is 31.3. The second-order valence-electron chi connectivity index (χ2n) is 14.9. The number of carbonyl (C=O) groups excluding carboxylic acids is 2. The van der Waals surface area contributed by atoms with Crippen LogP contribution in [0.4, 0.5) is 0 Å². The van der Waals surface area contributed by atoms with E-state index in [1.165, 1.54) is 6.08 Å². The topological polar surface area (TPSA) is 185 Å². The molecule has 2 fully saturated rings. The summed E-state index contributed by atoms with van der Waals surface area (Å²) in [5, 5.41) is 53.6. The molecule has 16 unspecified atom stereocenters. The summed E-state index contributed by atoms with van der Waals surface area (Å²) in [4.78, 5) is 28.8. The minimum atomic E-state index is -1.50. The summed E-state index contributed by atoms with van der Waals surface area (Å²) in [6, 6.07) is -0.205. The highest BCUT2D eigenvalue weighted by Crippen LogP contribution is 2.34. The van der Waals surface area contributed by atoms with Gasteiger partial charge in [0.2, 0.25) is 0 Å². The Morgan fingerprint density at radius 3 is 2.16 bits per heavy atom. The predicted molar refractivity (Wildman–Crippen MR) is 185 cm³/mol. The highest BCUT2D eigenvalue weighted by atomic mass is 16.7. The third-order valence-corrected chi connectivity index (χ3v) is 10.6. The van der Waals surface area contributed by atoms with Gasteiger partial charge in [-0.15, -0.1) is 0 Å². The highest BCUT2D eigenvalue weighted by Gasteiger charge is 2.44. The first-order valence-electron chi connectivity index (χ1n) is 18.2. The molecule has 5 N–H and O–H groups in total. The van der Waals surface area contributed by atoms with Crippen LogP contribution in [-0.4, -0.2) is 136 Å². The van der Waals surface area contributed by atoms with E-state index in [9.17, 15) is 35.1 Å². The van der Waals surface area contributed by atoms with Crippen LogP contribution in [0, 0.1) is 23.7 Å². The molecule has 0 aromatic rings. The minimum Gasteiger partial charge on any atom is -0.462 e. The Morgan fingerprint density at radius 1 is 0.860 bits per heavy atom. The Labute approximate surface area is 297 Å². The number of rotatable bonds is 8. The van der Waals surface area contributed by atoms with Crippen molar-refractivity contribution in [2.75, 3.05) is 20.7 Å². The first-order chi connectivity index (χ1) is 23.5. The van der Waals surface area contributed by atoms with Crippen LogP contribution in [0.5, 0.6) is 0 Å². The van der Waals surface area contributed by atoms with E-state index in [4.69, 9.17) is 23.7 Å². The van der Waals surface area contributed by atoms with E-state index in [1.807, 2.05) is 59.7 Å². The van der Waals surface area contributed by atoms with Crippen molar-refractivity contribution in [3.05, 3.63) is 23.8 Å². The summed E-state index contributed by atoms with van der Waals surface area (Å²) < 4.78 is 30.1. The number of aliphatic hydroxyl groups excluding tert-OH is 5. The lowest BCUT2D eigenvalue weighted by Crippen LogP contribution is -2.57. The summed E-state index contributed by atoms with van der Waals surface area (Å²) >= 11 is 0. The maximum Gasteiger partial charge on any atom is 0.308 e. The molecule has 3 aliphatic heterocycles. The summed E-state index contributed by atoms with van der Waals surface area (Å²) in [5.41, 5.74) is 0.713. The van der Waals surface area contributed by atoms with Gasteiger partial charge in [0.15, 0.2) is 18.4 Å². The fraction of sp³-hybridized carbons (Fsp3) is 0.838. The normalized spacial score (nSPS) is 43.1. The van der Waals surface area contributed by atoms with Crippen LogP contribution in [0.3, 0.4) is 0 Å². The van der Waals surface area contributed by atoms with Gasteiger partial charge in [0.1, 0.15) is 30.5 Å². The number of cyclic esters (lactones) is 1. The van der Waals surface area contributed by atoms with Gasteiger partial charge in [-0.25, -0.2) is 0 Å². The van der Waals surface area contributed by atoms with Crippen LogP contribution in [0.15, 0.2) is 23.8 Å². The maximum atomic E-state index is 13.4. The lowest BCUT2D eigenvalue weighted by molar-refractivity contribution is -0.295. The van der Waals surface area contributed by atoms with Crippen molar-refractivity contribution in [2.45, 2.75) is 154 Å². The van der Waals surface area contributed by atoms with E-state index in [0.717, 1.165) is 0 Å². The second kappa shape index (κ2) is 19.3. The van der Waals surface area contributed by atoms with Crippen molar-refractivity contribution >= 4 is 11.8 Å². The largest absolute Gasteiger partial charge is 0.462 e. The Balaban J connectivity index is 1.91. The monoisotopic (exact) mass is 713 g/mol. The van der Waals surface area contributed by atoms with Gasteiger partial charge in [-0.1, -0.05) is 51.8 Å². The zero-order chi connectivity index (χ0) is 37.4. The number of carbonyl (C=O) groups is 2. The van der Waals surface area contributed by atoms with Crippen LogP contribution < -0.4 is 0 Å². The summed E-state index contributed by atoms with van der Waals surface area (Å²) in [6.07, 6.45) is -4.15. The molecule has 3 aliphatic rings. The lowest BCUT2D eigenvalue weighted by Gasteiger charge is -2.44. The van der Waals surface area contributed by atoms with Gasteiger partial charge in [-0.2, -0.15) is 0 Å². The molecule has 0 radical (unpaired) electrons. The van der Waals surface area contributed by atoms with Crippen molar-refractivity contribution in [1.82, 2.24) is 4.90 Å². The van der Waals surface area contributed by atoms with Gasteiger partial charge < -0.3 is 54.1 Å². The molecule has 50 heavy (non-hydrogen) atoms. The van der Waals surface area contributed by atoms with Crippen LogP contribution in [0.25, 0.3) is 0 Å². The van der Waals surface area contributed by atoms with Crippen molar-refractivity contribution in [1.29, 1.82) is 0 Å². The van der Waals surface area contributed by atoms with E-state index in [2.05, 4.69) is 0 Å². The van der Waals surface area contributed by atoms with E-state index in [-0.39, 0.29) is 42.8 Å². The smallest absolute Gasteiger partial charge is 0.308 e. The lowest BCUT2D eigenvalue weighted by atomic mass is 9.80. The molecule has 0 aliphatic carbocycles. The average molecular weight is 714 g/mol. The van der Waals surface area contributed by atoms with Crippen molar-refractivity contribution in [2.24, 2.45) is 23.7 Å². The number of aliphatic hydroxyl groups is 5. The Hall–Kier alpha value is -1.78. The molecule has 0 aromatic heterocycles. The first kappa shape index (κ1) is 42.6. The third kappa shape index (κ3) is 11.1. The van der Waals surface area contributed by atoms with Gasteiger partial charge in [0.05, 0.1) is 37.4 Å². The van der Waals surface area contributed by atoms with Gasteiger partial charge in [0, 0.05) is 23.8 Å². The number of ether oxygens (including phenoxy) is 5. The molecule has 0 spiro atoms. The average Bonchev–Trinajstić information content (AvgIpc) is 3.07. The summed E-state index contributed by atoms with van der Waals surface area (Å²) in [5.74, 6) is -2.46. The molecule has 16 atom stereocenters. The summed E-state index contributed by atoms with van der Waals surface area (Å²) in [6.45, 7) is 12.7. The second-order valence-corrected chi connectivity index (χ2v) is 14.9. The summed E-state index contributed by atoms with van der Waals surface area (Å²) in [7, 11) is 3.78. The Morgan fingerprint density at radius 2 is 1.54 bits per heavy atom. The molecule has 13 nitrogen and oxygen atoms in total. The third-order valence-electron chi connectivity index (χ3n) is 10.6. The van der Waals surface area contributed by atoms with E-state index in [0.29, 0.717) is 31.3 Å². The molecule has 288 valence electrons. The SMILES string of the molecule is CCC1CC(C)C(=O)C=CC(C)=CC(COC2OC(C)C(O)C(O)C2O)C(CC)OC(=O)CC(O)C(C)C1OC1OC(C)CC(N(C)C)C1O. The first-order valence-corrected chi connectivity index (χ1v) is 18.2. The van der Waals surface area contributed by atoms with Crippen molar-refractivity contribution in [3.8, 4) is 0 Å². The Kier molecular flexibility index (Phi) is 16.5. The molecule has 2 saturated heterocycles. The van der Waals surface area contributed by atoms with Gasteiger partial charge in [0.25, 0.3) is 0 Å². The standard InChI is InChI=1S/C37H63NO12/c1-10-24-15-20(4)27(39)13-12-19(3)14-25(18-46-36-34(45)33(44)31(42)23(7)48-36)29(11-2)49-30(41)17-28(40)22(6)35(24)50-37-32(43)26(38(8)9)16-21(5)47-37/h12-14,20-26,28-29,31-37,40,42-45H,10-11,15-18H2,1-9H3. The van der Waals surface area contributed by atoms with E-state index >= 15 is 0 Å². The molecule has 0 saturated carbocycles. The molecule has 3 heterocycles. The molecule has 0 aromatic carbocycles. The molecule has 13 heteroatoms. The van der Waals surface area contributed by atoms with E-state index in [1.54, 1.807) is 19.9 Å². The number of hydrogen-bond acceptors (Lipinski definition) is 13. The predicted octanol–water partition coefficient (Wildman–Crippen LogP) is 2.10.